The molecule has 4 aromatic rings. The second kappa shape index (κ2) is 11.0. The number of aliphatic carboxylic acids is 1. The minimum absolute atomic E-state index is 0.0152. The van der Waals surface area contributed by atoms with E-state index in [2.05, 4.69) is 18.8 Å². The summed E-state index contributed by atoms with van der Waals surface area (Å²) in [7, 11) is 1.55. The predicted octanol–water partition coefficient (Wildman–Crippen LogP) is 7.25. The number of hydrogen-bond donors (Lipinski definition) is 1. The number of ether oxygens (including phenoxy) is 1. The molecule has 7 nitrogen and oxygen atoms in total. The lowest BCUT2D eigenvalue weighted by Crippen LogP contribution is -2.29. The van der Waals surface area contributed by atoms with E-state index in [0.29, 0.717) is 33.8 Å². The van der Waals surface area contributed by atoms with Crippen molar-refractivity contribution in [1.29, 1.82) is 0 Å². The molecule has 4 rings (SSSR count). The van der Waals surface area contributed by atoms with Gasteiger partial charge in [0.15, 0.2) is 5.78 Å². The third-order valence-corrected chi connectivity index (χ3v) is 7.45. The van der Waals surface area contributed by atoms with Gasteiger partial charge in [0, 0.05) is 40.6 Å². The number of fused-ring (bicyclic) bond motifs is 1. The number of Topliss-reactive ketones (excluding diaryl/α,β-unsaturated/α-hetero) is 1. The molecule has 0 bridgehead atoms. The third-order valence-electron chi connectivity index (χ3n) is 7.45. The summed E-state index contributed by atoms with van der Waals surface area (Å²) in [5.41, 5.74) is 2.89. The Morgan fingerprint density at radius 2 is 1.68 bits per heavy atom. The van der Waals surface area contributed by atoms with Gasteiger partial charge in [-0.2, -0.15) is 0 Å². The number of nitrogens with zero attached hydrogens (tertiary/aromatic N) is 2. The molecule has 1 N–H and O–H groups in total. The van der Waals surface area contributed by atoms with Crippen LogP contribution in [-0.4, -0.2) is 39.1 Å². The van der Waals surface area contributed by atoms with Gasteiger partial charge in [-0.3, -0.25) is 14.4 Å². The SMILES string of the molecule is COc1ccc(-c2cccc(C(=O)c3c(CC(C)(C)C(=O)O)c(C(=O)C(C)(C)C)c4cc(C(C)C)ccn34)c2)cn1. The first kappa shape index (κ1) is 29.7. The summed E-state index contributed by atoms with van der Waals surface area (Å²) in [6.45, 7) is 12.9. The molecular weight excluding hydrogens is 516 g/mol. The minimum atomic E-state index is -1.22. The Labute approximate surface area is 241 Å². The van der Waals surface area contributed by atoms with Gasteiger partial charge in [-0.1, -0.05) is 52.8 Å². The van der Waals surface area contributed by atoms with E-state index in [1.807, 2.05) is 57.3 Å². The second-order valence-electron chi connectivity index (χ2n) is 12.5. The molecule has 0 aliphatic rings. The topological polar surface area (TPSA) is 98.0 Å². The number of carboxylic acids is 1. The van der Waals surface area contributed by atoms with Gasteiger partial charge in [-0.15, -0.1) is 0 Å². The first-order valence-electron chi connectivity index (χ1n) is 13.8. The molecule has 0 aliphatic heterocycles. The third kappa shape index (κ3) is 5.80. The van der Waals surface area contributed by atoms with Gasteiger partial charge in [0.1, 0.15) is 0 Å². The Morgan fingerprint density at radius 3 is 2.24 bits per heavy atom. The monoisotopic (exact) mass is 554 g/mol. The highest BCUT2D eigenvalue weighted by molar-refractivity contribution is 6.15. The highest BCUT2D eigenvalue weighted by atomic mass is 16.5. The summed E-state index contributed by atoms with van der Waals surface area (Å²) < 4.78 is 6.93. The fourth-order valence-corrected chi connectivity index (χ4v) is 4.89. The fraction of sp³-hybridized carbons (Fsp3) is 0.353. The summed E-state index contributed by atoms with van der Waals surface area (Å²) in [4.78, 5) is 45.0. The summed E-state index contributed by atoms with van der Waals surface area (Å²) in [6.07, 6.45) is 3.52. The average molecular weight is 555 g/mol. The molecule has 0 aliphatic carbocycles. The van der Waals surface area contributed by atoms with Crippen LogP contribution in [0, 0.1) is 10.8 Å². The molecule has 214 valence electrons. The van der Waals surface area contributed by atoms with E-state index in [1.165, 1.54) is 0 Å². The van der Waals surface area contributed by atoms with E-state index in [9.17, 15) is 19.5 Å². The molecule has 0 atom stereocenters. The number of carboxylic acid groups (broad SMARTS) is 1. The predicted molar refractivity (Wildman–Crippen MR) is 160 cm³/mol. The van der Waals surface area contributed by atoms with Crippen LogP contribution in [0.3, 0.4) is 0 Å². The van der Waals surface area contributed by atoms with Crippen LogP contribution in [0.4, 0.5) is 0 Å². The molecule has 0 saturated carbocycles. The van der Waals surface area contributed by atoms with Crippen molar-refractivity contribution in [2.75, 3.05) is 7.11 Å². The van der Waals surface area contributed by atoms with Crippen molar-refractivity contribution in [3.05, 3.63) is 88.9 Å². The van der Waals surface area contributed by atoms with Gasteiger partial charge in [-0.25, -0.2) is 4.98 Å². The van der Waals surface area contributed by atoms with Crippen molar-refractivity contribution < 1.29 is 24.2 Å². The van der Waals surface area contributed by atoms with Crippen LogP contribution in [0.15, 0.2) is 60.9 Å². The molecule has 0 saturated heterocycles. The zero-order chi connectivity index (χ0) is 30.3. The standard InChI is InChI=1S/C34H38N2O5/c1-20(2)21-14-15-36-26(17-21)28(31(38)33(3,4)5)25(18-34(6,7)32(39)40)29(36)30(37)23-11-9-10-22(16-23)24-12-13-27(41-8)35-19-24/h9-17,19-20H,18H2,1-8H3,(H,39,40). The molecule has 0 fully saturated rings. The average Bonchev–Trinajstić information content (AvgIpc) is 3.23. The van der Waals surface area contributed by atoms with Crippen molar-refractivity contribution in [3.8, 4) is 17.0 Å². The minimum Gasteiger partial charge on any atom is -0.481 e. The van der Waals surface area contributed by atoms with Crippen LogP contribution in [0.25, 0.3) is 16.6 Å². The van der Waals surface area contributed by atoms with Gasteiger partial charge >= 0.3 is 5.97 Å². The van der Waals surface area contributed by atoms with E-state index < -0.39 is 16.8 Å². The van der Waals surface area contributed by atoms with Crippen molar-refractivity contribution in [1.82, 2.24) is 9.38 Å². The maximum absolute atomic E-state index is 14.4. The normalized spacial score (nSPS) is 12.1. The highest BCUT2D eigenvalue weighted by Gasteiger charge is 2.37. The Hall–Kier alpha value is -4.26. The van der Waals surface area contributed by atoms with Crippen molar-refractivity contribution in [3.63, 3.8) is 0 Å². The molecule has 0 unspecified atom stereocenters. The van der Waals surface area contributed by atoms with Crippen LogP contribution in [-0.2, 0) is 11.2 Å². The van der Waals surface area contributed by atoms with E-state index in [0.717, 1.165) is 16.7 Å². The molecule has 3 heterocycles. The van der Waals surface area contributed by atoms with Crippen LogP contribution >= 0.6 is 0 Å². The molecule has 3 aromatic heterocycles. The lowest BCUT2D eigenvalue weighted by Gasteiger charge is -2.22. The first-order chi connectivity index (χ1) is 19.2. The number of rotatable bonds is 9. The Bertz CT molecular complexity index is 1640. The summed E-state index contributed by atoms with van der Waals surface area (Å²) in [5.74, 6) is -0.741. The molecule has 1 aromatic carbocycles. The van der Waals surface area contributed by atoms with Crippen molar-refractivity contribution in [2.24, 2.45) is 10.8 Å². The molecule has 0 amide bonds. The van der Waals surface area contributed by atoms with E-state index in [-0.39, 0.29) is 23.9 Å². The molecular formula is C34H38N2O5. The zero-order valence-electron chi connectivity index (χ0n) is 25.0. The van der Waals surface area contributed by atoms with Gasteiger partial charge < -0.3 is 14.2 Å². The van der Waals surface area contributed by atoms with Gasteiger partial charge in [-0.05, 0) is 67.1 Å². The highest BCUT2D eigenvalue weighted by Crippen LogP contribution is 2.37. The van der Waals surface area contributed by atoms with Crippen LogP contribution in [0.5, 0.6) is 5.88 Å². The summed E-state index contributed by atoms with van der Waals surface area (Å²) in [6, 6.07) is 14.8. The first-order valence-corrected chi connectivity index (χ1v) is 13.8. The van der Waals surface area contributed by atoms with Crippen LogP contribution < -0.4 is 4.74 Å². The number of carbonyl (C=O) groups is 3. The summed E-state index contributed by atoms with van der Waals surface area (Å²) in [5, 5.41) is 10.0. The van der Waals surface area contributed by atoms with Crippen LogP contribution in [0.1, 0.15) is 91.9 Å². The Balaban J connectivity index is 2.01. The molecule has 0 spiro atoms. The maximum atomic E-state index is 14.4. The summed E-state index contributed by atoms with van der Waals surface area (Å²) >= 11 is 0. The number of aromatic nitrogens is 2. The lowest BCUT2D eigenvalue weighted by atomic mass is 9.79. The molecule has 0 radical (unpaired) electrons. The number of hydrogen-bond acceptors (Lipinski definition) is 5. The Kier molecular flexibility index (Phi) is 7.94. The smallest absolute Gasteiger partial charge is 0.309 e. The number of pyridine rings is 2. The lowest BCUT2D eigenvalue weighted by molar-refractivity contribution is -0.146. The maximum Gasteiger partial charge on any atom is 0.309 e. The fourth-order valence-electron chi connectivity index (χ4n) is 4.89. The molecule has 7 heteroatoms. The van der Waals surface area contributed by atoms with E-state index in [1.54, 1.807) is 49.8 Å². The number of benzene rings is 1. The quantitative estimate of drug-likeness (QED) is 0.219. The number of carbonyl (C=O) groups excluding carboxylic acids is 2. The Morgan fingerprint density at radius 1 is 0.976 bits per heavy atom. The van der Waals surface area contributed by atoms with Gasteiger partial charge in [0.25, 0.3) is 0 Å². The zero-order valence-corrected chi connectivity index (χ0v) is 25.0. The second-order valence-corrected chi connectivity index (χ2v) is 12.5. The van der Waals surface area contributed by atoms with Gasteiger partial charge in [0.05, 0.1) is 23.7 Å². The van der Waals surface area contributed by atoms with E-state index >= 15 is 0 Å². The largest absolute Gasteiger partial charge is 0.481 e. The van der Waals surface area contributed by atoms with Crippen LogP contribution in [0.2, 0.25) is 0 Å². The number of ketones is 2. The van der Waals surface area contributed by atoms with Crippen molar-refractivity contribution in [2.45, 2.75) is 60.8 Å². The van der Waals surface area contributed by atoms with E-state index in [4.69, 9.17) is 4.74 Å². The molecule has 41 heavy (non-hydrogen) atoms. The van der Waals surface area contributed by atoms with Crippen molar-refractivity contribution >= 4 is 23.1 Å². The number of methoxy groups -OCH3 is 1. The van der Waals surface area contributed by atoms with Gasteiger partial charge in [0.2, 0.25) is 11.7 Å².